The number of nitrogens with one attached hydrogen (secondary N) is 1. The van der Waals surface area contributed by atoms with Crippen molar-refractivity contribution in [2.24, 2.45) is 0 Å². The number of ether oxygens (including phenoxy) is 2. The lowest BCUT2D eigenvalue weighted by atomic mass is 10.1. The Hall–Kier alpha value is -3.19. The van der Waals surface area contributed by atoms with Crippen molar-refractivity contribution < 1.29 is 9.47 Å². The Balaban J connectivity index is 1.63. The van der Waals surface area contributed by atoms with E-state index in [1.807, 2.05) is 37.5 Å². The number of hydrogen-bond donors (Lipinski definition) is 1. The van der Waals surface area contributed by atoms with Gasteiger partial charge < -0.3 is 19.4 Å². The van der Waals surface area contributed by atoms with Crippen molar-refractivity contribution in [3.63, 3.8) is 0 Å². The molecule has 1 fully saturated rings. The van der Waals surface area contributed by atoms with Crippen molar-refractivity contribution in [2.75, 3.05) is 38.3 Å². The number of H-pyrrole nitrogens is 1. The molecule has 7 nitrogen and oxygen atoms in total. The molecule has 1 aliphatic rings. The molecule has 0 atom stereocenters. The van der Waals surface area contributed by atoms with Gasteiger partial charge in [-0.1, -0.05) is 0 Å². The molecule has 1 aliphatic heterocycles. The summed E-state index contributed by atoms with van der Waals surface area (Å²) < 4.78 is 10.4. The second-order valence-electron chi connectivity index (χ2n) is 6.60. The predicted molar refractivity (Wildman–Crippen MR) is 109 cm³/mol. The fourth-order valence-electron chi connectivity index (χ4n) is 3.21. The molecule has 28 heavy (non-hydrogen) atoms. The fraction of sp³-hybridized carbons (Fsp3) is 0.286. The number of morpholine rings is 1. The minimum absolute atomic E-state index is 0.729. The number of imidazole rings is 1. The smallest absolute Gasteiger partial charge is 0.156 e. The van der Waals surface area contributed by atoms with Gasteiger partial charge in [0.2, 0.25) is 0 Å². The van der Waals surface area contributed by atoms with Gasteiger partial charge in [-0.05, 0) is 30.7 Å². The normalized spacial score (nSPS) is 14.6. The fourth-order valence-corrected chi connectivity index (χ4v) is 3.21. The van der Waals surface area contributed by atoms with Crippen molar-refractivity contribution in [1.82, 2.24) is 19.9 Å². The summed E-state index contributed by atoms with van der Waals surface area (Å²) in [7, 11) is 1.61. The molecule has 1 N–H and O–H groups in total. The molecule has 0 aliphatic carbocycles. The molecule has 0 spiro atoms. The first-order valence-electron chi connectivity index (χ1n) is 9.25. The average Bonchev–Trinajstić information content (AvgIpc) is 3.13. The second kappa shape index (κ2) is 8.22. The summed E-state index contributed by atoms with van der Waals surface area (Å²) >= 11 is 0. The van der Waals surface area contributed by atoms with Crippen LogP contribution in [-0.2, 0) is 9.47 Å². The number of aromatic amines is 1. The molecule has 0 saturated carbocycles. The Kier molecular flexibility index (Phi) is 5.34. The topological polar surface area (TPSA) is 76.2 Å². The van der Waals surface area contributed by atoms with E-state index in [1.165, 1.54) is 0 Å². The molecule has 144 valence electrons. The summed E-state index contributed by atoms with van der Waals surface area (Å²) in [5.41, 5.74) is 5.80. The highest BCUT2D eigenvalue weighted by Crippen LogP contribution is 2.27. The molecule has 0 aromatic carbocycles. The molecule has 3 aromatic heterocycles. The quantitative estimate of drug-likeness (QED) is 0.688. The van der Waals surface area contributed by atoms with Gasteiger partial charge in [0, 0.05) is 42.8 Å². The lowest BCUT2D eigenvalue weighted by molar-refractivity contribution is 0.122. The number of anilines is 1. The summed E-state index contributed by atoms with van der Waals surface area (Å²) in [6.07, 6.45) is 9.02. The van der Waals surface area contributed by atoms with E-state index < -0.39 is 0 Å². The highest BCUT2D eigenvalue weighted by Gasteiger charge is 2.13. The molecule has 0 amide bonds. The first kappa shape index (κ1) is 18.2. The Bertz CT molecular complexity index is 976. The van der Waals surface area contributed by atoms with Crippen molar-refractivity contribution in [2.45, 2.75) is 6.92 Å². The first-order valence-corrected chi connectivity index (χ1v) is 9.25. The van der Waals surface area contributed by atoms with Crippen LogP contribution in [0, 0.1) is 6.92 Å². The highest BCUT2D eigenvalue weighted by atomic mass is 16.5. The lowest BCUT2D eigenvalue weighted by Crippen LogP contribution is -2.36. The van der Waals surface area contributed by atoms with Gasteiger partial charge in [-0.15, -0.1) is 0 Å². The zero-order valence-electron chi connectivity index (χ0n) is 16.1. The maximum atomic E-state index is 5.44. The number of pyridine rings is 2. The molecule has 0 bridgehead atoms. The van der Waals surface area contributed by atoms with Crippen molar-refractivity contribution >= 4 is 11.8 Å². The highest BCUT2D eigenvalue weighted by molar-refractivity contribution is 5.71. The first-order chi connectivity index (χ1) is 13.7. The maximum absolute atomic E-state index is 5.44. The van der Waals surface area contributed by atoms with Gasteiger partial charge in [-0.2, -0.15) is 0 Å². The zero-order valence-corrected chi connectivity index (χ0v) is 16.1. The number of hydrogen-bond acceptors (Lipinski definition) is 6. The molecular weight excluding hydrogens is 354 g/mol. The van der Waals surface area contributed by atoms with Crippen LogP contribution in [0.1, 0.15) is 11.4 Å². The van der Waals surface area contributed by atoms with Gasteiger partial charge in [0.25, 0.3) is 0 Å². The Morgan fingerprint density at radius 2 is 2.04 bits per heavy atom. The average molecular weight is 377 g/mol. The van der Waals surface area contributed by atoms with Crippen LogP contribution in [0.2, 0.25) is 0 Å². The molecule has 4 rings (SSSR count). The van der Waals surface area contributed by atoms with E-state index in [9.17, 15) is 0 Å². The third-order valence-electron chi connectivity index (χ3n) is 4.72. The number of nitrogens with zero attached hydrogens (tertiary/aromatic N) is 4. The minimum Gasteiger partial charge on any atom is -0.504 e. The number of methoxy groups -OCH3 is 1. The summed E-state index contributed by atoms with van der Waals surface area (Å²) in [6.45, 7) is 5.25. The lowest BCUT2D eigenvalue weighted by Gasteiger charge is -2.28. The summed E-state index contributed by atoms with van der Waals surface area (Å²) in [5.74, 6) is 0.729. The van der Waals surface area contributed by atoms with Gasteiger partial charge in [0.05, 0.1) is 44.2 Å². The van der Waals surface area contributed by atoms with E-state index in [1.54, 1.807) is 19.6 Å². The largest absolute Gasteiger partial charge is 0.504 e. The van der Waals surface area contributed by atoms with Crippen molar-refractivity contribution in [3.8, 4) is 22.6 Å². The van der Waals surface area contributed by atoms with Crippen LogP contribution >= 0.6 is 0 Å². The van der Waals surface area contributed by atoms with Gasteiger partial charge in [-0.3, -0.25) is 9.97 Å². The van der Waals surface area contributed by atoms with Crippen LogP contribution in [0.4, 0.5) is 5.69 Å². The zero-order chi connectivity index (χ0) is 19.3. The second-order valence-corrected chi connectivity index (χ2v) is 6.60. The van der Waals surface area contributed by atoms with Crippen LogP contribution in [-0.4, -0.2) is 53.3 Å². The SMILES string of the molecule is CO/C=C/c1nc(-c2cc(-c3cncc(N4CCOCC4)c3)ccn2)[nH]c1C. The molecule has 0 radical (unpaired) electrons. The van der Waals surface area contributed by atoms with E-state index >= 15 is 0 Å². The third-order valence-corrected chi connectivity index (χ3v) is 4.72. The van der Waals surface area contributed by atoms with E-state index in [2.05, 4.69) is 30.9 Å². The number of aromatic nitrogens is 4. The molecule has 3 aromatic rings. The molecular formula is C21H23N5O2. The van der Waals surface area contributed by atoms with Crippen LogP contribution in [0.15, 0.2) is 43.1 Å². The predicted octanol–water partition coefficient (Wildman–Crippen LogP) is 3.30. The van der Waals surface area contributed by atoms with E-state index in [0.717, 1.165) is 66.0 Å². The minimum atomic E-state index is 0.729. The van der Waals surface area contributed by atoms with Gasteiger partial charge in [-0.25, -0.2) is 4.98 Å². The molecule has 4 heterocycles. The number of aryl methyl sites for hydroxylation is 1. The van der Waals surface area contributed by atoms with Crippen LogP contribution in [0.25, 0.3) is 28.7 Å². The summed E-state index contributed by atoms with van der Waals surface area (Å²) in [5, 5.41) is 0. The van der Waals surface area contributed by atoms with Crippen molar-refractivity contribution in [1.29, 1.82) is 0 Å². The summed E-state index contributed by atoms with van der Waals surface area (Å²) in [4.78, 5) is 19.1. The third kappa shape index (κ3) is 3.89. The monoisotopic (exact) mass is 377 g/mol. The number of rotatable bonds is 5. The van der Waals surface area contributed by atoms with Gasteiger partial charge in [0.15, 0.2) is 5.82 Å². The Morgan fingerprint density at radius 3 is 2.86 bits per heavy atom. The van der Waals surface area contributed by atoms with E-state index in [0.29, 0.717) is 0 Å². The van der Waals surface area contributed by atoms with Crippen LogP contribution in [0.3, 0.4) is 0 Å². The molecule has 0 unspecified atom stereocenters. The Labute approximate surface area is 164 Å². The van der Waals surface area contributed by atoms with E-state index in [4.69, 9.17) is 9.47 Å². The maximum Gasteiger partial charge on any atom is 0.156 e. The summed E-state index contributed by atoms with van der Waals surface area (Å²) in [6, 6.07) is 6.19. The van der Waals surface area contributed by atoms with Gasteiger partial charge in [0.1, 0.15) is 5.69 Å². The standard InChI is InChI=1S/C21H23N5O2/c1-15-19(4-8-27-2)25-21(24-15)20-12-16(3-5-23-20)17-11-18(14-22-13-17)26-6-9-28-10-7-26/h3-5,8,11-14H,6-7,9-10H2,1-2H3,(H,24,25)/b8-4+. The van der Waals surface area contributed by atoms with Gasteiger partial charge >= 0.3 is 0 Å². The molecule has 1 saturated heterocycles. The van der Waals surface area contributed by atoms with Crippen molar-refractivity contribution in [3.05, 3.63) is 54.4 Å². The van der Waals surface area contributed by atoms with Crippen LogP contribution in [0.5, 0.6) is 0 Å². The molecule has 7 heteroatoms. The van der Waals surface area contributed by atoms with Crippen LogP contribution < -0.4 is 4.90 Å². The van der Waals surface area contributed by atoms with E-state index in [-0.39, 0.29) is 0 Å². The Morgan fingerprint density at radius 1 is 1.18 bits per heavy atom.